The Balaban J connectivity index is 1.82. The van der Waals surface area contributed by atoms with Crippen molar-refractivity contribution in [3.63, 3.8) is 0 Å². The SMILES string of the molecule is Cc1ccc(N([C@@H](C)C(=O)Nc2ccccc2C(=O)NC2CCCCC2)S(C)(=O)=O)cc1C. The molecule has 33 heavy (non-hydrogen) atoms. The molecular formula is C25H33N3O4S. The highest BCUT2D eigenvalue weighted by Crippen LogP contribution is 2.25. The summed E-state index contributed by atoms with van der Waals surface area (Å²) in [5, 5.41) is 5.84. The molecule has 178 valence electrons. The largest absolute Gasteiger partial charge is 0.349 e. The summed E-state index contributed by atoms with van der Waals surface area (Å²) in [6, 6.07) is 11.2. The Morgan fingerprint density at radius 2 is 1.67 bits per heavy atom. The number of nitrogens with one attached hydrogen (secondary N) is 2. The van der Waals surface area contributed by atoms with Crippen molar-refractivity contribution in [1.29, 1.82) is 0 Å². The molecule has 0 aromatic heterocycles. The van der Waals surface area contributed by atoms with Crippen molar-refractivity contribution in [1.82, 2.24) is 5.32 Å². The van der Waals surface area contributed by atoms with E-state index in [2.05, 4.69) is 10.6 Å². The number of benzene rings is 2. The molecular weight excluding hydrogens is 438 g/mol. The van der Waals surface area contributed by atoms with Crippen LogP contribution in [0.2, 0.25) is 0 Å². The van der Waals surface area contributed by atoms with E-state index in [-0.39, 0.29) is 11.9 Å². The molecule has 1 aliphatic carbocycles. The average molecular weight is 472 g/mol. The minimum absolute atomic E-state index is 0.138. The normalized spacial score (nSPS) is 15.5. The number of rotatable bonds is 7. The second-order valence-corrected chi connectivity index (χ2v) is 10.7. The summed E-state index contributed by atoms with van der Waals surface area (Å²) in [6.07, 6.45) is 6.38. The molecule has 2 aromatic carbocycles. The van der Waals surface area contributed by atoms with E-state index in [9.17, 15) is 18.0 Å². The van der Waals surface area contributed by atoms with E-state index < -0.39 is 22.0 Å². The third-order valence-electron chi connectivity index (χ3n) is 6.20. The number of hydrogen-bond donors (Lipinski definition) is 2. The number of nitrogens with zero attached hydrogens (tertiary/aromatic N) is 1. The van der Waals surface area contributed by atoms with Crippen molar-refractivity contribution in [2.24, 2.45) is 0 Å². The molecule has 0 heterocycles. The quantitative estimate of drug-likeness (QED) is 0.634. The van der Waals surface area contributed by atoms with Crippen LogP contribution >= 0.6 is 0 Å². The molecule has 2 N–H and O–H groups in total. The fraction of sp³-hybridized carbons (Fsp3) is 0.440. The van der Waals surface area contributed by atoms with E-state index in [4.69, 9.17) is 0 Å². The maximum atomic E-state index is 13.1. The molecule has 0 spiro atoms. The topological polar surface area (TPSA) is 95.6 Å². The first-order valence-electron chi connectivity index (χ1n) is 11.4. The molecule has 2 aromatic rings. The van der Waals surface area contributed by atoms with Gasteiger partial charge in [0.2, 0.25) is 15.9 Å². The number of amides is 2. The highest BCUT2D eigenvalue weighted by Gasteiger charge is 2.30. The molecule has 0 unspecified atom stereocenters. The molecule has 0 aliphatic heterocycles. The lowest BCUT2D eigenvalue weighted by atomic mass is 9.95. The number of carbonyl (C=O) groups is 2. The molecule has 0 radical (unpaired) electrons. The van der Waals surface area contributed by atoms with E-state index in [0.717, 1.165) is 47.4 Å². The van der Waals surface area contributed by atoms with Crippen molar-refractivity contribution in [2.45, 2.75) is 65.0 Å². The molecule has 0 saturated heterocycles. The number of hydrogen-bond acceptors (Lipinski definition) is 4. The summed E-state index contributed by atoms with van der Waals surface area (Å²) in [4.78, 5) is 26.0. The Hall–Kier alpha value is -2.87. The number of sulfonamides is 1. The Morgan fingerprint density at radius 3 is 2.30 bits per heavy atom. The minimum atomic E-state index is -3.74. The van der Waals surface area contributed by atoms with Gasteiger partial charge < -0.3 is 10.6 Å². The van der Waals surface area contributed by atoms with Crippen LogP contribution < -0.4 is 14.9 Å². The molecule has 1 fully saturated rings. The zero-order chi connectivity index (χ0) is 24.2. The van der Waals surface area contributed by atoms with Gasteiger partial charge in [0.1, 0.15) is 6.04 Å². The first kappa shape index (κ1) is 24.8. The zero-order valence-electron chi connectivity index (χ0n) is 19.7. The van der Waals surface area contributed by atoms with E-state index >= 15 is 0 Å². The van der Waals surface area contributed by atoms with Gasteiger partial charge in [-0.1, -0.05) is 37.5 Å². The van der Waals surface area contributed by atoms with Gasteiger partial charge in [-0.3, -0.25) is 13.9 Å². The highest BCUT2D eigenvalue weighted by atomic mass is 32.2. The maximum absolute atomic E-state index is 13.1. The van der Waals surface area contributed by atoms with Crippen LogP contribution in [0.4, 0.5) is 11.4 Å². The number of anilines is 2. The minimum Gasteiger partial charge on any atom is -0.349 e. The van der Waals surface area contributed by atoms with Gasteiger partial charge in [-0.25, -0.2) is 8.42 Å². The first-order valence-corrected chi connectivity index (χ1v) is 13.2. The van der Waals surface area contributed by atoms with Gasteiger partial charge in [-0.15, -0.1) is 0 Å². The summed E-state index contributed by atoms with van der Waals surface area (Å²) in [5.74, 6) is -0.754. The summed E-state index contributed by atoms with van der Waals surface area (Å²) in [5.41, 5.74) is 3.10. The van der Waals surface area contributed by atoms with Crippen LogP contribution in [-0.2, 0) is 14.8 Å². The monoisotopic (exact) mass is 471 g/mol. The smallest absolute Gasteiger partial charge is 0.253 e. The Bertz CT molecular complexity index is 1120. The molecule has 1 atom stereocenters. The van der Waals surface area contributed by atoms with Gasteiger partial charge in [0, 0.05) is 6.04 Å². The molecule has 0 bridgehead atoms. The molecule has 3 rings (SSSR count). The summed E-state index contributed by atoms with van der Waals surface area (Å²) in [6.45, 7) is 5.37. The fourth-order valence-corrected chi connectivity index (χ4v) is 5.38. The standard InChI is InChI=1S/C25H33N3O4S/c1-17-14-15-21(16-18(17)2)28(33(4,31)32)19(3)24(29)27-23-13-9-8-12-22(23)25(30)26-20-10-6-5-7-11-20/h8-9,12-16,19-20H,5-7,10-11H2,1-4H3,(H,26,30)(H,27,29)/t19-/m0/s1. The zero-order valence-corrected chi connectivity index (χ0v) is 20.5. The Kier molecular flexibility index (Phi) is 7.79. The third-order valence-corrected chi connectivity index (χ3v) is 7.45. The van der Waals surface area contributed by atoms with E-state index in [1.807, 2.05) is 19.9 Å². The van der Waals surface area contributed by atoms with E-state index in [1.54, 1.807) is 36.4 Å². The predicted octanol–water partition coefficient (Wildman–Crippen LogP) is 4.16. The molecule has 1 saturated carbocycles. The number of carbonyl (C=O) groups excluding carboxylic acids is 2. The summed E-state index contributed by atoms with van der Waals surface area (Å²) >= 11 is 0. The van der Waals surface area contributed by atoms with Crippen molar-refractivity contribution >= 4 is 33.2 Å². The average Bonchev–Trinajstić information content (AvgIpc) is 2.76. The van der Waals surface area contributed by atoms with Gasteiger partial charge >= 0.3 is 0 Å². The Labute approximate surface area is 196 Å². The van der Waals surface area contributed by atoms with Crippen LogP contribution in [0.1, 0.15) is 60.5 Å². The van der Waals surface area contributed by atoms with Gasteiger partial charge in [0.25, 0.3) is 5.91 Å². The predicted molar refractivity (Wildman–Crippen MR) is 132 cm³/mol. The van der Waals surface area contributed by atoms with Crippen LogP contribution in [0, 0.1) is 13.8 Å². The van der Waals surface area contributed by atoms with Crippen LogP contribution in [-0.4, -0.2) is 38.6 Å². The van der Waals surface area contributed by atoms with Crippen LogP contribution in [0.5, 0.6) is 0 Å². The molecule has 8 heteroatoms. The maximum Gasteiger partial charge on any atom is 0.253 e. The van der Waals surface area contributed by atoms with Crippen molar-refractivity contribution < 1.29 is 18.0 Å². The van der Waals surface area contributed by atoms with E-state index in [0.29, 0.717) is 16.9 Å². The van der Waals surface area contributed by atoms with Crippen LogP contribution in [0.25, 0.3) is 0 Å². The lowest BCUT2D eigenvalue weighted by Gasteiger charge is -2.29. The molecule has 7 nitrogen and oxygen atoms in total. The van der Waals surface area contributed by atoms with Crippen molar-refractivity contribution in [3.05, 3.63) is 59.2 Å². The third kappa shape index (κ3) is 6.13. The Morgan fingerprint density at radius 1 is 1.00 bits per heavy atom. The summed E-state index contributed by atoms with van der Waals surface area (Å²) in [7, 11) is -3.74. The van der Waals surface area contributed by atoms with Gasteiger partial charge in [0.15, 0.2) is 0 Å². The second kappa shape index (κ2) is 10.4. The van der Waals surface area contributed by atoms with Gasteiger partial charge in [0.05, 0.1) is 23.2 Å². The van der Waals surface area contributed by atoms with Crippen LogP contribution in [0.3, 0.4) is 0 Å². The van der Waals surface area contributed by atoms with Gasteiger partial charge in [-0.05, 0) is 69.0 Å². The van der Waals surface area contributed by atoms with Gasteiger partial charge in [-0.2, -0.15) is 0 Å². The van der Waals surface area contributed by atoms with Crippen LogP contribution in [0.15, 0.2) is 42.5 Å². The lowest BCUT2D eigenvalue weighted by Crippen LogP contribution is -2.45. The molecule has 1 aliphatic rings. The summed E-state index contributed by atoms with van der Waals surface area (Å²) < 4.78 is 26.3. The lowest BCUT2D eigenvalue weighted by molar-refractivity contribution is -0.116. The van der Waals surface area contributed by atoms with Crippen molar-refractivity contribution in [3.8, 4) is 0 Å². The highest BCUT2D eigenvalue weighted by molar-refractivity contribution is 7.92. The van der Waals surface area contributed by atoms with Crippen molar-refractivity contribution in [2.75, 3.05) is 15.9 Å². The second-order valence-electron chi connectivity index (χ2n) is 8.85. The number of aryl methyl sites for hydroxylation is 2. The first-order chi connectivity index (χ1) is 15.6. The molecule has 2 amide bonds. The number of para-hydroxylation sites is 1. The fourth-order valence-electron chi connectivity index (χ4n) is 4.21. The van der Waals surface area contributed by atoms with E-state index in [1.165, 1.54) is 13.3 Å².